The number of hydrogen-bond donors (Lipinski definition) is 0. The molecule has 28 heavy (non-hydrogen) atoms. The summed E-state index contributed by atoms with van der Waals surface area (Å²) in [7, 11) is 6.06. The van der Waals surface area contributed by atoms with Crippen LogP contribution in [0.1, 0.15) is 47.1 Å². The Kier molecular flexibility index (Phi) is 5.26. The molecule has 1 amide bonds. The highest BCUT2D eigenvalue weighted by Gasteiger charge is 2.31. The van der Waals surface area contributed by atoms with Crippen LogP contribution in [-0.2, 0) is 13.6 Å². The highest BCUT2D eigenvalue weighted by Crippen LogP contribution is 2.35. The van der Waals surface area contributed by atoms with E-state index in [4.69, 9.17) is 14.6 Å². The van der Waals surface area contributed by atoms with Crippen molar-refractivity contribution in [2.24, 2.45) is 7.05 Å². The molecular formula is C21H28N4O3. The number of nitrogens with zero attached hydrogens (tertiary/aromatic N) is 4. The summed E-state index contributed by atoms with van der Waals surface area (Å²) in [5.74, 6) is 1.38. The molecular weight excluding hydrogens is 356 g/mol. The van der Waals surface area contributed by atoms with Crippen molar-refractivity contribution in [3.63, 3.8) is 0 Å². The van der Waals surface area contributed by atoms with Gasteiger partial charge in [0.25, 0.3) is 5.91 Å². The highest BCUT2D eigenvalue weighted by molar-refractivity contribution is 5.95. The van der Waals surface area contributed by atoms with Crippen LogP contribution >= 0.6 is 0 Å². The van der Waals surface area contributed by atoms with Crippen molar-refractivity contribution in [3.05, 3.63) is 41.2 Å². The molecule has 0 N–H and O–H groups in total. The molecule has 3 heterocycles. The summed E-state index contributed by atoms with van der Waals surface area (Å²) in [6.07, 6.45) is 3.06. The van der Waals surface area contributed by atoms with Gasteiger partial charge in [-0.25, -0.2) is 0 Å². The summed E-state index contributed by atoms with van der Waals surface area (Å²) in [6, 6.07) is 7.61. The number of piperidine rings is 1. The summed E-state index contributed by atoms with van der Waals surface area (Å²) >= 11 is 0. The van der Waals surface area contributed by atoms with Crippen molar-refractivity contribution in [3.8, 4) is 11.5 Å². The first-order chi connectivity index (χ1) is 13.5. The van der Waals surface area contributed by atoms with Crippen molar-refractivity contribution < 1.29 is 14.3 Å². The Morgan fingerprint density at radius 2 is 1.96 bits per heavy atom. The van der Waals surface area contributed by atoms with E-state index in [1.165, 1.54) is 0 Å². The quantitative estimate of drug-likeness (QED) is 0.811. The van der Waals surface area contributed by atoms with Crippen LogP contribution in [0.25, 0.3) is 0 Å². The van der Waals surface area contributed by atoms with Crippen molar-refractivity contribution in [2.45, 2.75) is 31.8 Å². The first kappa shape index (κ1) is 18.8. The maximum absolute atomic E-state index is 13.3. The Labute approximate surface area is 165 Å². The van der Waals surface area contributed by atoms with Gasteiger partial charge in [0.05, 0.1) is 17.4 Å². The molecule has 0 bridgehead atoms. The number of rotatable bonds is 4. The highest BCUT2D eigenvalue weighted by atomic mass is 16.6. The van der Waals surface area contributed by atoms with E-state index in [1.807, 2.05) is 42.9 Å². The maximum atomic E-state index is 13.3. The zero-order valence-electron chi connectivity index (χ0n) is 16.9. The molecule has 2 aliphatic heterocycles. The summed E-state index contributed by atoms with van der Waals surface area (Å²) in [5, 5.41) is 4.74. The van der Waals surface area contributed by atoms with Gasteiger partial charge < -0.3 is 19.3 Å². The molecule has 0 spiro atoms. The third-order valence-electron chi connectivity index (χ3n) is 5.37. The molecule has 1 aromatic carbocycles. The largest absolute Gasteiger partial charge is 0.486 e. The van der Waals surface area contributed by atoms with Crippen LogP contribution in [0, 0.1) is 0 Å². The normalized spacial score (nSPS) is 19.1. The number of amides is 1. The average Bonchev–Trinajstić information content (AvgIpc) is 3.06. The number of carbonyl (C=O) groups is 1. The maximum Gasteiger partial charge on any atom is 0.254 e. The van der Waals surface area contributed by atoms with Crippen LogP contribution < -0.4 is 9.47 Å². The van der Waals surface area contributed by atoms with Crippen molar-refractivity contribution in [2.75, 3.05) is 33.9 Å². The molecule has 1 unspecified atom stereocenters. The monoisotopic (exact) mass is 384 g/mol. The van der Waals surface area contributed by atoms with E-state index in [9.17, 15) is 4.79 Å². The molecule has 2 aliphatic rings. The molecule has 150 valence electrons. The van der Waals surface area contributed by atoms with E-state index in [-0.39, 0.29) is 11.9 Å². The Morgan fingerprint density at radius 3 is 2.75 bits per heavy atom. The standard InChI is InChI=1S/C21H28N4O3/c1-23(2)14-16-13-17(22-24(16)3)18-6-4-5-9-25(18)21(26)15-7-8-19-20(12-15)28-11-10-27-19/h7-8,12-13,18H,4-6,9-11,14H2,1-3H3. The molecule has 0 saturated carbocycles. The Morgan fingerprint density at radius 1 is 1.18 bits per heavy atom. The molecule has 1 atom stereocenters. The number of fused-ring (bicyclic) bond motifs is 1. The zero-order chi connectivity index (χ0) is 19.7. The van der Waals surface area contributed by atoms with Gasteiger partial charge in [0.1, 0.15) is 13.2 Å². The first-order valence-electron chi connectivity index (χ1n) is 9.91. The summed E-state index contributed by atoms with van der Waals surface area (Å²) < 4.78 is 13.2. The van der Waals surface area contributed by atoms with Gasteiger partial charge in [0.2, 0.25) is 0 Å². The summed E-state index contributed by atoms with van der Waals surface area (Å²) in [4.78, 5) is 17.4. The fraction of sp³-hybridized carbons (Fsp3) is 0.524. The van der Waals surface area contributed by atoms with Crippen LogP contribution in [0.4, 0.5) is 0 Å². The molecule has 1 aromatic heterocycles. The zero-order valence-corrected chi connectivity index (χ0v) is 16.9. The number of benzene rings is 1. The molecule has 1 saturated heterocycles. The molecule has 4 rings (SSSR count). The van der Waals surface area contributed by atoms with Crippen molar-refractivity contribution in [1.82, 2.24) is 19.6 Å². The number of aromatic nitrogens is 2. The lowest BCUT2D eigenvalue weighted by Gasteiger charge is -2.35. The van der Waals surface area contributed by atoms with Crippen molar-refractivity contribution >= 4 is 5.91 Å². The van der Waals surface area contributed by atoms with Crippen LogP contribution in [0.15, 0.2) is 24.3 Å². The second kappa shape index (κ2) is 7.83. The first-order valence-corrected chi connectivity index (χ1v) is 9.91. The lowest BCUT2D eigenvalue weighted by Crippen LogP contribution is -2.38. The second-order valence-electron chi connectivity index (χ2n) is 7.79. The fourth-order valence-corrected chi connectivity index (χ4v) is 3.99. The van der Waals surface area contributed by atoms with Gasteiger partial charge in [-0.3, -0.25) is 9.48 Å². The summed E-state index contributed by atoms with van der Waals surface area (Å²) in [6.45, 7) is 2.63. The minimum atomic E-state index is 0.0107. The molecule has 7 nitrogen and oxygen atoms in total. The predicted octanol–water partition coefficient (Wildman–Crippen LogP) is 2.62. The molecule has 7 heteroatoms. The van der Waals surface area contributed by atoms with Gasteiger partial charge in [0, 0.05) is 25.7 Å². The smallest absolute Gasteiger partial charge is 0.254 e. The van der Waals surface area contributed by atoms with Crippen LogP contribution in [0.5, 0.6) is 11.5 Å². The minimum absolute atomic E-state index is 0.0107. The molecule has 1 fully saturated rings. The van der Waals surface area contributed by atoms with E-state index >= 15 is 0 Å². The lowest BCUT2D eigenvalue weighted by atomic mass is 9.98. The molecule has 2 aromatic rings. The number of ether oxygens (including phenoxy) is 2. The van der Waals surface area contributed by atoms with Gasteiger partial charge in [-0.05, 0) is 57.6 Å². The molecule has 0 aliphatic carbocycles. The Bertz CT molecular complexity index is 861. The average molecular weight is 384 g/mol. The third kappa shape index (κ3) is 3.71. The van der Waals surface area contributed by atoms with Gasteiger partial charge in [-0.2, -0.15) is 5.10 Å². The lowest BCUT2D eigenvalue weighted by molar-refractivity contribution is 0.0604. The van der Waals surface area contributed by atoms with E-state index in [2.05, 4.69) is 11.0 Å². The number of carbonyl (C=O) groups excluding carboxylic acids is 1. The van der Waals surface area contributed by atoms with Crippen LogP contribution in [-0.4, -0.2) is 59.3 Å². The van der Waals surface area contributed by atoms with Crippen molar-refractivity contribution in [1.29, 1.82) is 0 Å². The predicted molar refractivity (Wildman–Crippen MR) is 106 cm³/mol. The number of aryl methyl sites for hydroxylation is 1. The second-order valence-corrected chi connectivity index (χ2v) is 7.79. The van der Waals surface area contributed by atoms with Gasteiger partial charge in [-0.15, -0.1) is 0 Å². The van der Waals surface area contributed by atoms with Gasteiger partial charge in [-0.1, -0.05) is 0 Å². The van der Waals surface area contributed by atoms with Crippen LogP contribution in [0.2, 0.25) is 0 Å². The van der Waals surface area contributed by atoms with Gasteiger partial charge >= 0.3 is 0 Å². The number of hydrogen-bond acceptors (Lipinski definition) is 5. The minimum Gasteiger partial charge on any atom is -0.486 e. The molecule has 0 radical (unpaired) electrons. The van der Waals surface area contributed by atoms with E-state index in [1.54, 1.807) is 6.07 Å². The van der Waals surface area contributed by atoms with Crippen LogP contribution in [0.3, 0.4) is 0 Å². The van der Waals surface area contributed by atoms with E-state index in [0.29, 0.717) is 30.3 Å². The SMILES string of the molecule is CN(C)Cc1cc(C2CCCCN2C(=O)c2ccc3c(c2)OCCO3)nn1C. The van der Waals surface area contributed by atoms with E-state index in [0.717, 1.165) is 43.7 Å². The van der Waals surface area contributed by atoms with E-state index < -0.39 is 0 Å². The third-order valence-corrected chi connectivity index (χ3v) is 5.37. The Balaban J connectivity index is 1.59. The topological polar surface area (TPSA) is 59.8 Å². The fourth-order valence-electron chi connectivity index (χ4n) is 3.99. The Hall–Kier alpha value is -2.54. The summed E-state index contributed by atoms with van der Waals surface area (Å²) in [5.41, 5.74) is 2.77. The number of likely N-dealkylation sites (tertiary alicyclic amines) is 1. The van der Waals surface area contributed by atoms with Gasteiger partial charge in [0.15, 0.2) is 11.5 Å².